The second kappa shape index (κ2) is 11.3. The molecule has 1 aliphatic heterocycles. The minimum absolute atomic E-state index is 0.228. The van der Waals surface area contributed by atoms with Gasteiger partial charge in [-0.2, -0.15) is 5.09 Å². The van der Waals surface area contributed by atoms with Gasteiger partial charge in [-0.3, -0.25) is 23.7 Å². The summed E-state index contributed by atoms with van der Waals surface area (Å²) in [5, 5.41) is 13.2. The van der Waals surface area contributed by atoms with E-state index in [9.17, 15) is 24.1 Å². The molecular weight excluding hydrogens is 481 g/mol. The Morgan fingerprint density at radius 1 is 1.23 bits per heavy atom. The van der Waals surface area contributed by atoms with Crippen LogP contribution in [0.15, 0.2) is 52.2 Å². The van der Waals surface area contributed by atoms with Crippen LogP contribution in [0.5, 0.6) is 5.75 Å². The first-order valence-electron chi connectivity index (χ1n) is 11.1. The van der Waals surface area contributed by atoms with Crippen LogP contribution in [0.1, 0.15) is 33.9 Å². The van der Waals surface area contributed by atoms with Crippen molar-refractivity contribution in [1.82, 2.24) is 14.6 Å². The Morgan fingerprint density at radius 3 is 2.54 bits per heavy atom. The van der Waals surface area contributed by atoms with Crippen molar-refractivity contribution in [2.75, 3.05) is 6.61 Å². The van der Waals surface area contributed by atoms with Crippen LogP contribution in [0.3, 0.4) is 0 Å². The normalized spacial score (nSPS) is 24.6. The fourth-order valence-corrected chi connectivity index (χ4v) is 4.98. The highest BCUT2D eigenvalue weighted by atomic mass is 31.2. The van der Waals surface area contributed by atoms with Crippen LogP contribution < -0.4 is 20.9 Å². The number of hydrogen-bond acceptors (Lipinski definition) is 9. The summed E-state index contributed by atoms with van der Waals surface area (Å²) in [4.78, 5) is 37.9. The van der Waals surface area contributed by atoms with E-state index in [2.05, 4.69) is 10.1 Å². The van der Waals surface area contributed by atoms with E-state index in [1.807, 2.05) is 0 Å². The monoisotopic (exact) mass is 511 g/mol. The Labute approximate surface area is 201 Å². The number of H-pyrrole nitrogens is 1. The maximum absolute atomic E-state index is 13.6. The van der Waals surface area contributed by atoms with Crippen LogP contribution in [0.25, 0.3) is 0 Å². The fourth-order valence-electron chi connectivity index (χ4n) is 3.48. The summed E-state index contributed by atoms with van der Waals surface area (Å²) in [5.74, 6) is -0.981. The van der Waals surface area contributed by atoms with E-state index >= 15 is 0 Å². The summed E-state index contributed by atoms with van der Waals surface area (Å²) in [5.41, 5.74) is -1.26. The quantitative estimate of drug-likeness (QED) is 0.316. The molecule has 12 nitrogen and oxygen atoms in total. The Morgan fingerprint density at radius 2 is 1.91 bits per heavy atom. The number of nitrogens with zero attached hydrogens (tertiary/aromatic N) is 1. The number of rotatable bonds is 10. The lowest BCUT2D eigenvalue weighted by Crippen LogP contribution is -2.37. The summed E-state index contributed by atoms with van der Waals surface area (Å²) in [6.07, 6.45) is -2.08. The van der Waals surface area contributed by atoms with Gasteiger partial charge in [0.15, 0.2) is 0 Å². The second-order valence-corrected chi connectivity index (χ2v) is 10.2. The third-order valence-corrected chi connectivity index (χ3v) is 6.89. The fraction of sp³-hybridized carbons (Fsp3) is 0.500. The first-order valence-corrected chi connectivity index (χ1v) is 12.7. The summed E-state index contributed by atoms with van der Waals surface area (Å²) in [6, 6.07) is 8.36. The maximum atomic E-state index is 13.6. The van der Waals surface area contributed by atoms with Gasteiger partial charge in [0.25, 0.3) is 5.56 Å². The summed E-state index contributed by atoms with van der Waals surface area (Å²) in [7, 11) is -4.16. The van der Waals surface area contributed by atoms with Gasteiger partial charge in [0, 0.05) is 18.2 Å². The number of nitrogens with one attached hydrogen (secondary N) is 2. The molecule has 1 aromatic heterocycles. The van der Waals surface area contributed by atoms with Crippen molar-refractivity contribution >= 4 is 13.7 Å². The molecule has 0 saturated carbocycles. The lowest BCUT2D eigenvalue weighted by atomic mass is 10.0. The number of hydrogen-bond donors (Lipinski definition) is 3. The number of para-hydroxylation sites is 1. The van der Waals surface area contributed by atoms with E-state index in [1.54, 1.807) is 51.1 Å². The predicted molar refractivity (Wildman–Crippen MR) is 125 cm³/mol. The van der Waals surface area contributed by atoms with E-state index in [-0.39, 0.29) is 18.5 Å². The van der Waals surface area contributed by atoms with Crippen LogP contribution in [0.2, 0.25) is 0 Å². The van der Waals surface area contributed by atoms with Crippen molar-refractivity contribution in [2.45, 2.75) is 58.3 Å². The molecule has 35 heavy (non-hydrogen) atoms. The minimum atomic E-state index is -4.16. The highest BCUT2D eigenvalue weighted by Crippen LogP contribution is 2.46. The van der Waals surface area contributed by atoms with Crippen LogP contribution in [0.4, 0.5) is 0 Å². The van der Waals surface area contributed by atoms with E-state index in [0.29, 0.717) is 0 Å². The van der Waals surface area contributed by atoms with Crippen LogP contribution >= 0.6 is 7.75 Å². The Balaban J connectivity index is 1.75. The molecule has 2 heterocycles. The molecule has 1 fully saturated rings. The number of carbonyl (C=O) groups is 1. The smallest absolute Gasteiger partial charge is 0.459 e. The first kappa shape index (κ1) is 26.8. The molecule has 0 radical (unpaired) electrons. The largest absolute Gasteiger partial charge is 0.462 e. The standard InChI is InChI=1S/C22H30N3O9P/c1-13(2)32-21(28)15(4)24-35(30,34-16-8-6-5-7-9-16)31-12-17-19(27)14(3)20(33-17)25-11-10-18(26)23-22(25)29/h5-11,13-15,17,19-20,27H,12H2,1-4H3,(H,24,30)(H,23,26,29)/t14-,15+,17+,19-,20+,35+/m0/s1. The highest BCUT2D eigenvalue weighted by molar-refractivity contribution is 7.52. The van der Waals surface area contributed by atoms with Crippen LogP contribution in [-0.4, -0.2) is 51.6 Å². The van der Waals surface area contributed by atoms with Gasteiger partial charge in [-0.1, -0.05) is 25.1 Å². The van der Waals surface area contributed by atoms with Gasteiger partial charge in [0.2, 0.25) is 0 Å². The van der Waals surface area contributed by atoms with Crippen molar-refractivity contribution in [1.29, 1.82) is 0 Å². The SMILES string of the molecule is CC(C)OC(=O)[C@@H](C)N[P@@](=O)(OC[C@H]1O[C@@H](n2ccc(=O)[nH]c2=O)[C@@H](C)[C@@H]1O)Oc1ccccc1. The lowest BCUT2D eigenvalue weighted by molar-refractivity contribution is -0.149. The number of aromatic amines is 1. The minimum Gasteiger partial charge on any atom is -0.462 e. The molecule has 1 saturated heterocycles. The van der Waals surface area contributed by atoms with Crippen LogP contribution in [-0.2, 0) is 23.4 Å². The Bertz CT molecular complexity index is 1170. The second-order valence-electron chi connectivity index (χ2n) is 8.47. The number of carbonyl (C=O) groups excluding carboxylic acids is 1. The zero-order chi connectivity index (χ0) is 25.8. The molecule has 0 amide bonds. The van der Waals surface area contributed by atoms with Crippen molar-refractivity contribution in [3.8, 4) is 5.75 Å². The number of benzene rings is 1. The zero-order valence-electron chi connectivity index (χ0n) is 19.8. The Hall–Kier alpha value is -2.76. The van der Waals surface area contributed by atoms with Crippen molar-refractivity contribution in [2.24, 2.45) is 5.92 Å². The third kappa shape index (κ3) is 6.89. The number of ether oxygens (including phenoxy) is 2. The molecule has 3 N–H and O–H groups in total. The van der Waals surface area contributed by atoms with Gasteiger partial charge in [-0.15, -0.1) is 0 Å². The molecule has 0 aliphatic carbocycles. The molecule has 3 rings (SSSR count). The number of aliphatic hydroxyl groups excluding tert-OH is 1. The average Bonchev–Trinajstić information content (AvgIpc) is 3.06. The lowest BCUT2D eigenvalue weighted by Gasteiger charge is -2.25. The molecule has 0 spiro atoms. The molecule has 1 aromatic carbocycles. The maximum Gasteiger partial charge on any atom is 0.459 e. The number of aliphatic hydroxyl groups is 1. The van der Waals surface area contributed by atoms with Crippen molar-refractivity contribution in [3.63, 3.8) is 0 Å². The Kier molecular flexibility index (Phi) is 8.68. The highest BCUT2D eigenvalue weighted by Gasteiger charge is 2.44. The van der Waals surface area contributed by atoms with Crippen LogP contribution in [0, 0.1) is 5.92 Å². The van der Waals surface area contributed by atoms with Crippen molar-refractivity contribution in [3.05, 3.63) is 63.4 Å². The molecule has 0 unspecified atom stereocenters. The number of esters is 1. The molecule has 2 aromatic rings. The van der Waals surface area contributed by atoms with Gasteiger partial charge in [-0.25, -0.2) is 9.36 Å². The predicted octanol–water partition coefficient (Wildman–Crippen LogP) is 1.56. The third-order valence-electron chi connectivity index (χ3n) is 5.24. The summed E-state index contributed by atoms with van der Waals surface area (Å²) < 4.78 is 36.8. The van der Waals surface area contributed by atoms with E-state index in [1.165, 1.54) is 13.1 Å². The molecular formula is C22H30N3O9P. The van der Waals surface area contributed by atoms with E-state index < -0.39 is 55.4 Å². The molecule has 192 valence electrons. The van der Waals surface area contributed by atoms with Gasteiger partial charge in [0.05, 0.1) is 18.8 Å². The molecule has 13 heteroatoms. The van der Waals surface area contributed by atoms with Gasteiger partial charge in [-0.05, 0) is 32.9 Å². The summed E-state index contributed by atoms with van der Waals surface area (Å²) >= 11 is 0. The molecule has 1 aliphatic rings. The van der Waals surface area contributed by atoms with Gasteiger partial charge in [0.1, 0.15) is 24.1 Å². The van der Waals surface area contributed by atoms with E-state index in [4.69, 9.17) is 18.5 Å². The van der Waals surface area contributed by atoms with E-state index in [0.717, 1.165) is 10.6 Å². The van der Waals surface area contributed by atoms with Gasteiger partial charge < -0.3 is 19.1 Å². The number of aromatic nitrogens is 2. The first-order chi connectivity index (χ1) is 16.5. The van der Waals surface area contributed by atoms with Gasteiger partial charge >= 0.3 is 19.4 Å². The van der Waals surface area contributed by atoms with Crippen molar-refractivity contribution < 1.29 is 33.0 Å². The topological polar surface area (TPSA) is 158 Å². The molecule has 6 atom stereocenters. The zero-order valence-corrected chi connectivity index (χ0v) is 20.7. The summed E-state index contributed by atoms with van der Waals surface area (Å²) in [6.45, 7) is 6.10. The average molecular weight is 511 g/mol. The molecule has 0 bridgehead atoms.